The van der Waals surface area contributed by atoms with Crippen LogP contribution in [0.25, 0.3) is 0 Å². The minimum atomic E-state index is -1.78. The molecule has 11 heavy (non-hydrogen) atoms. The molecule has 1 saturated heterocycles. The highest BCUT2D eigenvalue weighted by Gasteiger charge is 2.24. The molecule has 1 heterocycles. The lowest BCUT2D eigenvalue weighted by molar-refractivity contribution is 0.499. The molecule has 0 aromatic carbocycles. The summed E-state index contributed by atoms with van der Waals surface area (Å²) in [6, 6.07) is 0. The number of hydrogen-bond donors (Lipinski definition) is 1. The molecule has 4 heteroatoms. The van der Waals surface area contributed by atoms with E-state index in [4.69, 9.17) is 0 Å². The van der Waals surface area contributed by atoms with Crippen molar-refractivity contribution in [2.45, 2.75) is 18.5 Å². The molecule has 1 rings (SSSR count). The first kappa shape index (κ1) is 11.5. The standard InChI is InChI=1S/C7H16NOP.ClH/c1-10(2,9)7-3-5-8-6-4-7;/h7-8H,3-6H2,1-2H3;1H. The Morgan fingerprint density at radius 3 is 2.00 bits per heavy atom. The normalized spacial score (nSPS) is 20.9. The van der Waals surface area contributed by atoms with Crippen LogP contribution in [-0.4, -0.2) is 32.1 Å². The van der Waals surface area contributed by atoms with Gasteiger partial charge in [-0.05, 0) is 39.3 Å². The molecule has 0 atom stereocenters. The summed E-state index contributed by atoms with van der Waals surface area (Å²) in [4.78, 5) is 0. The third kappa shape index (κ3) is 3.59. The molecule has 1 N–H and O–H groups in total. The summed E-state index contributed by atoms with van der Waals surface area (Å²) in [5.74, 6) is 0. The molecular formula is C7H17ClNOP. The van der Waals surface area contributed by atoms with Crippen molar-refractivity contribution in [3.05, 3.63) is 0 Å². The fraction of sp³-hybridized carbons (Fsp3) is 1.00. The molecule has 2 nitrogen and oxygen atoms in total. The summed E-state index contributed by atoms with van der Waals surface area (Å²) in [6.07, 6.45) is 2.20. The van der Waals surface area contributed by atoms with E-state index in [0.717, 1.165) is 25.9 Å². The summed E-state index contributed by atoms with van der Waals surface area (Å²) in [6.45, 7) is 5.92. The fourth-order valence-electron chi connectivity index (χ4n) is 1.43. The molecular weight excluding hydrogens is 181 g/mol. The van der Waals surface area contributed by atoms with Crippen LogP contribution in [0.3, 0.4) is 0 Å². The molecule has 0 spiro atoms. The Morgan fingerprint density at radius 2 is 1.73 bits per heavy atom. The Bertz CT molecular complexity index is 151. The topological polar surface area (TPSA) is 29.1 Å². The Morgan fingerprint density at radius 1 is 1.27 bits per heavy atom. The Labute approximate surface area is 74.9 Å². The number of halogens is 1. The zero-order valence-electron chi connectivity index (χ0n) is 7.17. The number of piperidine rings is 1. The fourth-order valence-corrected chi connectivity index (χ4v) is 2.93. The van der Waals surface area contributed by atoms with Crippen molar-refractivity contribution in [3.8, 4) is 0 Å². The first-order valence-corrected chi connectivity index (χ1v) is 6.53. The Balaban J connectivity index is 0.000001000. The van der Waals surface area contributed by atoms with Gasteiger partial charge in [-0.1, -0.05) is 0 Å². The molecule has 1 fully saturated rings. The van der Waals surface area contributed by atoms with E-state index in [1.54, 1.807) is 0 Å². The van der Waals surface area contributed by atoms with E-state index in [2.05, 4.69) is 5.32 Å². The van der Waals surface area contributed by atoms with E-state index in [1.807, 2.05) is 13.3 Å². The Kier molecular flexibility index (Phi) is 4.69. The van der Waals surface area contributed by atoms with Crippen LogP contribution < -0.4 is 5.32 Å². The third-order valence-corrected chi connectivity index (χ3v) is 4.46. The van der Waals surface area contributed by atoms with Crippen molar-refractivity contribution >= 4 is 19.5 Å². The van der Waals surface area contributed by atoms with Gasteiger partial charge in [-0.25, -0.2) is 0 Å². The van der Waals surface area contributed by atoms with Gasteiger partial charge in [-0.3, -0.25) is 0 Å². The average molecular weight is 198 g/mol. The molecule has 1 aliphatic rings. The van der Waals surface area contributed by atoms with Gasteiger partial charge in [0.2, 0.25) is 0 Å². The first-order chi connectivity index (χ1) is 4.61. The predicted molar refractivity (Wildman–Crippen MR) is 52.6 cm³/mol. The van der Waals surface area contributed by atoms with Gasteiger partial charge in [0, 0.05) is 5.66 Å². The van der Waals surface area contributed by atoms with Crippen molar-refractivity contribution in [2.24, 2.45) is 0 Å². The van der Waals surface area contributed by atoms with E-state index in [9.17, 15) is 4.57 Å². The van der Waals surface area contributed by atoms with E-state index in [1.165, 1.54) is 0 Å². The van der Waals surface area contributed by atoms with Crippen molar-refractivity contribution in [3.63, 3.8) is 0 Å². The first-order valence-electron chi connectivity index (χ1n) is 3.86. The molecule has 0 aromatic heterocycles. The number of nitrogens with one attached hydrogen (secondary N) is 1. The van der Waals surface area contributed by atoms with Crippen LogP contribution in [0.2, 0.25) is 0 Å². The van der Waals surface area contributed by atoms with Crippen LogP contribution in [0, 0.1) is 0 Å². The third-order valence-electron chi connectivity index (χ3n) is 2.19. The Hall–Kier alpha value is 0.480. The predicted octanol–water partition coefficient (Wildman–Crippen LogP) is 1.78. The minimum Gasteiger partial charge on any atom is -0.324 e. The molecule has 0 saturated carbocycles. The van der Waals surface area contributed by atoms with Gasteiger partial charge in [0.25, 0.3) is 0 Å². The molecule has 0 aromatic rings. The lowest BCUT2D eigenvalue weighted by Gasteiger charge is -2.25. The molecule has 0 amide bonds. The SMILES string of the molecule is CP(C)(=O)C1CCNCC1.Cl. The van der Waals surface area contributed by atoms with E-state index in [-0.39, 0.29) is 12.4 Å². The smallest absolute Gasteiger partial charge is 0.0849 e. The maximum Gasteiger partial charge on any atom is 0.0849 e. The van der Waals surface area contributed by atoms with Crippen molar-refractivity contribution in [2.75, 3.05) is 26.4 Å². The molecule has 0 bridgehead atoms. The molecule has 1 aliphatic heterocycles. The van der Waals surface area contributed by atoms with Crippen molar-refractivity contribution in [1.82, 2.24) is 5.32 Å². The van der Waals surface area contributed by atoms with Gasteiger partial charge in [-0.15, -0.1) is 12.4 Å². The minimum absolute atomic E-state index is 0. The summed E-state index contributed by atoms with van der Waals surface area (Å²) >= 11 is 0. The number of rotatable bonds is 1. The summed E-state index contributed by atoms with van der Waals surface area (Å²) < 4.78 is 11.5. The van der Waals surface area contributed by atoms with E-state index < -0.39 is 7.14 Å². The molecule has 68 valence electrons. The second-order valence-electron chi connectivity index (χ2n) is 3.42. The van der Waals surface area contributed by atoms with Gasteiger partial charge >= 0.3 is 0 Å². The van der Waals surface area contributed by atoms with Crippen molar-refractivity contribution < 1.29 is 4.57 Å². The highest BCUT2D eigenvalue weighted by Crippen LogP contribution is 2.46. The highest BCUT2D eigenvalue weighted by atomic mass is 35.5. The second kappa shape index (κ2) is 4.49. The lowest BCUT2D eigenvalue weighted by Crippen LogP contribution is -2.30. The largest absolute Gasteiger partial charge is 0.324 e. The maximum atomic E-state index is 11.5. The average Bonchev–Trinajstić information content (AvgIpc) is 1.88. The molecule has 0 aliphatic carbocycles. The summed E-state index contributed by atoms with van der Waals surface area (Å²) in [5, 5.41) is 3.27. The second-order valence-corrected chi connectivity index (χ2v) is 7.01. The molecule has 0 unspecified atom stereocenters. The highest BCUT2D eigenvalue weighted by molar-refractivity contribution is 7.63. The van der Waals surface area contributed by atoms with Gasteiger partial charge < -0.3 is 9.88 Å². The monoisotopic (exact) mass is 197 g/mol. The van der Waals surface area contributed by atoms with Crippen LogP contribution in [0.1, 0.15) is 12.8 Å². The van der Waals surface area contributed by atoms with Gasteiger partial charge in [-0.2, -0.15) is 0 Å². The maximum absolute atomic E-state index is 11.5. The number of hydrogen-bond acceptors (Lipinski definition) is 2. The van der Waals surface area contributed by atoms with Gasteiger partial charge in [0.05, 0.1) is 7.14 Å². The van der Waals surface area contributed by atoms with Crippen LogP contribution in [0.4, 0.5) is 0 Å². The lowest BCUT2D eigenvalue weighted by atomic mass is 10.2. The zero-order chi connectivity index (χ0) is 7.61. The van der Waals surface area contributed by atoms with E-state index >= 15 is 0 Å². The quantitative estimate of drug-likeness (QED) is 0.650. The van der Waals surface area contributed by atoms with Crippen LogP contribution in [0.5, 0.6) is 0 Å². The summed E-state index contributed by atoms with van der Waals surface area (Å²) in [5.41, 5.74) is 0.494. The summed E-state index contributed by atoms with van der Waals surface area (Å²) in [7, 11) is -1.78. The molecule has 0 radical (unpaired) electrons. The van der Waals surface area contributed by atoms with Crippen LogP contribution in [0.15, 0.2) is 0 Å². The van der Waals surface area contributed by atoms with Crippen LogP contribution >= 0.6 is 19.5 Å². The van der Waals surface area contributed by atoms with Crippen LogP contribution in [-0.2, 0) is 4.57 Å². The van der Waals surface area contributed by atoms with Gasteiger partial charge in [0.15, 0.2) is 0 Å². The van der Waals surface area contributed by atoms with Crippen molar-refractivity contribution in [1.29, 1.82) is 0 Å². The van der Waals surface area contributed by atoms with Gasteiger partial charge in [0.1, 0.15) is 0 Å². The zero-order valence-corrected chi connectivity index (χ0v) is 8.88. The van der Waals surface area contributed by atoms with E-state index in [0.29, 0.717) is 5.66 Å².